The molecule has 2 aromatic carbocycles. The van der Waals surface area contributed by atoms with E-state index in [1.54, 1.807) is 11.3 Å². The van der Waals surface area contributed by atoms with Crippen molar-refractivity contribution in [2.45, 2.75) is 162 Å². The molecule has 0 amide bonds. The second kappa shape index (κ2) is 20.3. The van der Waals surface area contributed by atoms with E-state index in [-0.39, 0.29) is 5.04 Å². The smallest absolute Gasteiger partial charge is 0.226 e. The summed E-state index contributed by atoms with van der Waals surface area (Å²) in [5, 5.41) is 14.1. The summed E-state index contributed by atoms with van der Waals surface area (Å²) < 4.78 is 41.2. The lowest BCUT2D eigenvalue weighted by Crippen LogP contribution is -2.59. The Morgan fingerprint density at radius 2 is 1.57 bits per heavy atom. The first-order chi connectivity index (χ1) is 25.3. The average molecular weight is 772 g/mol. The first-order valence-corrected chi connectivity index (χ1v) is 24.0. The quantitative estimate of drug-likeness (QED) is 0.0798. The van der Waals surface area contributed by atoms with E-state index in [4.69, 9.17) is 33.1 Å². The Labute approximate surface area is 325 Å². The molecule has 0 aliphatic carbocycles. The Morgan fingerprint density at radius 3 is 2.23 bits per heavy atom. The predicted octanol–water partition coefficient (Wildman–Crippen LogP) is 11.0. The number of hydrogen-bond acceptors (Lipinski definition) is 9. The summed E-state index contributed by atoms with van der Waals surface area (Å²) >= 11 is 1.66. The molecule has 0 saturated carbocycles. The fourth-order valence-corrected chi connectivity index (χ4v) is 8.60. The second-order valence-electron chi connectivity index (χ2n) is 16.2. The third kappa shape index (κ3) is 11.3. The van der Waals surface area contributed by atoms with E-state index in [9.17, 15) is 5.11 Å². The monoisotopic (exact) mass is 771 g/mol. The molecule has 298 valence electrons. The molecule has 3 aromatic rings. The third-order valence-corrected chi connectivity index (χ3v) is 16.2. The van der Waals surface area contributed by atoms with Crippen LogP contribution in [-0.4, -0.2) is 69.8 Å². The van der Waals surface area contributed by atoms with Gasteiger partial charge in [-0.2, -0.15) is 0 Å². The SMILES string of the molecule is CCCCOC[C@@H]1C[C@H](OCCCC)[C@@H](OCCCC)C(O)(c2cc(C(O[Si](C)(C)C(C)(C)C)c3nc4ccccc4s3)c(C)cc2OCCCC)O1. The van der Waals surface area contributed by atoms with Gasteiger partial charge in [0.05, 0.1) is 41.2 Å². The molecule has 2 unspecified atom stereocenters. The Hall–Kier alpha value is -1.89. The zero-order valence-corrected chi connectivity index (χ0v) is 36.2. The molecule has 2 heterocycles. The number of fused-ring (bicyclic) bond motifs is 1. The molecule has 1 aliphatic rings. The molecule has 1 fully saturated rings. The normalized spacial score (nSPS) is 21.7. The number of para-hydroxylation sites is 1. The molecule has 0 bridgehead atoms. The number of hydrogen-bond donors (Lipinski definition) is 1. The summed E-state index contributed by atoms with van der Waals surface area (Å²) in [5.74, 6) is -1.30. The maximum Gasteiger partial charge on any atom is 0.226 e. The summed E-state index contributed by atoms with van der Waals surface area (Å²) in [6.45, 7) is 24.6. The van der Waals surface area contributed by atoms with Crippen LogP contribution < -0.4 is 4.74 Å². The number of nitrogens with zero attached hydrogens (tertiary/aromatic N) is 1. The Morgan fingerprint density at radius 1 is 0.925 bits per heavy atom. The van der Waals surface area contributed by atoms with Crippen LogP contribution in [-0.2, 0) is 29.2 Å². The van der Waals surface area contributed by atoms with Gasteiger partial charge < -0.3 is 33.2 Å². The van der Waals surface area contributed by atoms with Crippen molar-refractivity contribution in [1.82, 2.24) is 4.98 Å². The van der Waals surface area contributed by atoms with Gasteiger partial charge in [-0.15, -0.1) is 11.3 Å². The standard InChI is InChI=1S/C43H69NO7SSi/c1-11-15-23-46-30-32-28-37(48-25-17-13-3)40(49-26-18-14-4)43(45,50-32)34-29-33(31(5)27-36(34)47-24-16-12-2)39(51-53(9,10)42(6,7)8)41-44-35-21-19-20-22-38(35)52-41/h19-22,27,29,32,37,39-40,45H,11-18,23-26,28,30H2,1-10H3/t32-,37-,39?,40+,43?/m0/s1. The Balaban J connectivity index is 1.94. The summed E-state index contributed by atoms with van der Waals surface area (Å²) in [4.78, 5) is 5.15. The van der Waals surface area contributed by atoms with Crippen molar-refractivity contribution < 1.29 is 33.2 Å². The van der Waals surface area contributed by atoms with Crippen LogP contribution in [0, 0.1) is 6.92 Å². The Bertz CT molecular complexity index is 1510. The maximum absolute atomic E-state index is 13.3. The van der Waals surface area contributed by atoms with E-state index >= 15 is 0 Å². The Kier molecular flexibility index (Phi) is 16.8. The van der Waals surface area contributed by atoms with Crippen molar-refractivity contribution in [3.05, 3.63) is 58.1 Å². The van der Waals surface area contributed by atoms with Crippen LogP contribution in [0.15, 0.2) is 36.4 Å². The molecule has 0 spiro atoms. The van der Waals surface area contributed by atoms with Gasteiger partial charge in [0.2, 0.25) is 5.79 Å². The lowest BCUT2D eigenvalue weighted by atomic mass is 9.86. The highest BCUT2D eigenvalue weighted by atomic mass is 32.1. The first kappa shape index (κ1) is 43.8. The second-order valence-corrected chi connectivity index (χ2v) is 22.0. The van der Waals surface area contributed by atoms with Crippen LogP contribution in [0.25, 0.3) is 10.2 Å². The number of aliphatic hydroxyl groups is 1. The van der Waals surface area contributed by atoms with Crippen molar-refractivity contribution in [2.75, 3.05) is 33.0 Å². The van der Waals surface area contributed by atoms with Gasteiger partial charge >= 0.3 is 0 Å². The van der Waals surface area contributed by atoms with Gasteiger partial charge in [-0.25, -0.2) is 4.98 Å². The van der Waals surface area contributed by atoms with Crippen LogP contribution in [0.5, 0.6) is 5.75 Å². The van der Waals surface area contributed by atoms with Gasteiger partial charge in [-0.05, 0) is 86.1 Å². The molecule has 1 saturated heterocycles. The molecule has 0 radical (unpaired) electrons. The first-order valence-electron chi connectivity index (χ1n) is 20.3. The minimum absolute atomic E-state index is 0.0428. The highest BCUT2D eigenvalue weighted by molar-refractivity contribution is 7.18. The van der Waals surface area contributed by atoms with Crippen molar-refractivity contribution in [2.24, 2.45) is 0 Å². The number of rotatable bonds is 22. The van der Waals surface area contributed by atoms with E-state index < -0.39 is 38.5 Å². The van der Waals surface area contributed by atoms with Gasteiger partial charge in [-0.3, -0.25) is 0 Å². The summed E-state index contributed by atoms with van der Waals surface area (Å²) in [6.07, 6.45) is 6.13. The summed E-state index contributed by atoms with van der Waals surface area (Å²) in [5.41, 5.74) is 3.41. The number of ether oxygens (including phenoxy) is 5. The minimum atomic E-state index is -2.34. The van der Waals surface area contributed by atoms with Gasteiger partial charge in [0.25, 0.3) is 0 Å². The molecule has 8 nitrogen and oxygen atoms in total. The van der Waals surface area contributed by atoms with E-state index in [1.165, 1.54) is 0 Å². The molecule has 53 heavy (non-hydrogen) atoms. The fourth-order valence-electron chi connectivity index (χ4n) is 6.32. The lowest BCUT2D eigenvalue weighted by Gasteiger charge is -2.47. The van der Waals surface area contributed by atoms with Crippen LogP contribution in [0.1, 0.15) is 134 Å². The topological polar surface area (TPSA) is 88.5 Å². The number of thiazole rings is 1. The zero-order valence-electron chi connectivity index (χ0n) is 34.4. The van der Waals surface area contributed by atoms with Gasteiger partial charge in [0.15, 0.2) is 8.32 Å². The molecular formula is C43H69NO7SSi. The van der Waals surface area contributed by atoms with Gasteiger partial charge in [0, 0.05) is 26.2 Å². The van der Waals surface area contributed by atoms with Crippen LogP contribution >= 0.6 is 11.3 Å². The maximum atomic E-state index is 13.3. The van der Waals surface area contributed by atoms with Crippen molar-refractivity contribution in [1.29, 1.82) is 0 Å². The molecule has 10 heteroatoms. The van der Waals surface area contributed by atoms with Crippen LogP contribution in [0.2, 0.25) is 18.1 Å². The van der Waals surface area contributed by atoms with E-state index in [2.05, 4.69) is 92.7 Å². The fraction of sp³-hybridized carbons (Fsp3) is 0.698. The molecule has 1 aliphatic heterocycles. The highest BCUT2D eigenvalue weighted by Gasteiger charge is 2.54. The van der Waals surface area contributed by atoms with Crippen LogP contribution in [0.3, 0.4) is 0 Å². The van der Waals surface area contributed by atoms with Crippen molar-refractivity contribution >= 4 is 29.9 Å². The number of benzene rings is 2. The zero-order chi connectivity index (χ0) is 38.6. The van der Waals surface area contributed by atoms with Gasteiger partial charge in [0.1, 0.15) is 23.0 Å². The number of aryl methyl sites for hydroxylation is 1. The van der Waals surface area contributed by atoms with E-state index in [1.807, 2.05) is 12.1 Å². The average Bonchev–Trinajstić information content (AvgIpc) is 3.54. The largest absolute Gasteiger partial charge is 0.493 e. The number of unbranched alkanes of at least 4 members (excludes halogenated alkanes) is 4. The van der Waals surface area contributed by atoms with Crippen molar-refractivity contribution in [3.63, 3.8) is 0 Å². The van der Waals surface area contributed by atoms with Crippen molar-refractivity contribution in [3.8, 4) is 5.75 Å². The molecule has 1 N–H and O–H groups in total. The van der Waals surface area contributed by atoms with Gasteiger partial charge in [-0.1, -0.05) is 86.3 Å². The highest BCUT2D eigenvalue weighted by Crippen LogP contribution is 2.48. The summed E-state index contributed by atoms with van der Waals surface area (Å²) in [7, 11) is -2.34. The van der Waals surface area contributed by atoms with E-state index in [0.29, 0.717) is 50.8 Å². The predicted molar refractivity (Wildman–Crippen MR) is 220 cm³/mol. The molecule has 1 aromatic heterocycles. The number of aromatic nitrogens is 1. The van der Waals surface area contributed by atoms with E-state index in [0.717, 1.165) is 77.7 Å². The third-order valence-electron chi connectivity index (χ3n) is 10.7. The molecule has 4 rings (SSSR count). The van der Waals surface area contributed by atoms with Crippen LogP contribution in [0.4, 0.5) is 0 Å². The summed E-state index contributed by atoms with van der Waals surface area (Å²) in [6, 6.07) is 12.3. The lowest BCUT2D eigenvalue weighted by molar-refractivity contribution is -0.348. The minimum Gasteiger partial charge on any atom is -0.493 e. The molecular weight excluding hydrogens is 703 g/mol. The molecule has 5 atom stereocenters.